The highest BCUT2D eigenvalue weighted by atomic mass is 15.3. The van der Waals surface area contributed by atoms with Crippen LogP contribution in [0, 0.1) is 5.92 Å². The van der Waals surface area contributed by atoms with Crippen LogP contribution in [0.1, 0.15) is 32.6 Å². The van der Waals surface area contributed by atoms with Gasteiger partial charge in [-0.3, -0.25) is 0 Å². The van der Waals surface area contributed by atoms with Crippen LogP contribution in [0.15, 0.2) is 24.3 Å². The van der Waals surface area contributed by atoms with Gasteiger partial charge in [0.25, 0.3) is 0 Å². The lowest BCUT2D eigenvalue weighted by atomic mass is 9.91. The Balaban J connectivity index is 1.96. The number of para-hydroxylation sites is 2. The topological polar surface area (TPSA) is 32.5 Å². The zero-order valence-corrected chi connectivity index (χ0v) is 12.8. The molecule has 0 radical (unpaired) electrons. The molecule has 1 aliphatic heterocycles. The van der Waals surface area contributed by atoms with Crippen molar-refractivity contribution < 1.29 is 0 Å². The molecule has 3 heteroatoms. The van der Waals surface area contributed by atoms with Crippen molar-refractivity contribution in [2.45, 2.75) is 38.1 Å². The van der Waals surface area contributed by atoms with Gasteiger partial charge in [0.1, 0.15) is 0 Å². The third-order valence-corrected chi connectivity index (χ3v) is 5.46. The van der Waals surface area contributed by atoms with Crippen LogP contribution in [-0.4, -0.2) is 32.2 Å². The highest BCUT2D eigenvalue weighted by molar-refractivity contribution is 5.74. The monoisotopic (exact) mass is 273 g/mol. The summed E-state index contributed by atoms with van der Waals surface area (Å²) >= 11 is 0. The van der Waals surface area contributed by atoms with Crippen LogP contribution < -0.4 is 15.5 Å². The summed E-state index contributed by atoms with van der Waals surface area (Å²) < 4.78 is 0. The van der Waals surface area contributed by atoms with Crippen molar-refractivity contribution in [3.05, 3.63) is 24.3 Å². The van der Waals surface area contributed by atoms with E-state index in [1.54, 1.807) is 0 Å². The minimum Gasteiger partial charge on any atom is -0.371 e. The van der Waals surface area contributed by atoms with Crippen LogP contribution in [0.5, 0.6) is 0 Å². The number of nitrogens with zero attached hydrogens (tertiary/aromatic N) is 2. The summed E-state index contributed by atoms with van der Waals surface area (Å²) in [5.41, 5.74) is 9.18. The van der Waals surface area contributed by atoms with Gasteiger partial charge >= 0.3 is 0 Å². The maximum atomic E-state index is 6.25. The highest BCUT2D eigenvalue weighted by Crippen LogP contribution is 2.45. The SMILES string of the molecule is CCC1CCC(CN)(N2CCN(C)c3ccccc32)C1. The Morgan fingerprint density at radius 2 is 2.00 bits per heavy atom. The second-order valence-electron chi connectivity index (χ2n) is 6.51. The van der Waals surface area contributed by atoms with Crippen LogP contribution in [0.3, 0.4) is 0 Å². The van der Waals surface area contributed by atoms with Crippen molar-refractivity contribution in [1.82, 2.24) is 0 Å². The number of rotatable bonds is 3. The molecule has 2 N–H and O–H groups in total. The second-order valence-corrected chi connectivity index (χ2v) is 6.51. The van der Waals surface area contributed by atoms with Crippen LogP contribution >= 0.6 is 0 Å². The molecule has 1 aliphatic carbocycles. The van der Waals surface area contributed by atoms with Gasteiger partial charge in [-0.25, -0.2) is 0 Å². The van der Waals surface area contributed by atoms with E-state index in [0.29, 0.717) is 0 Å². The van der Waals surface area contributed by atoms with E-state index < -0.39 is 0 Å². The molecular weight excluding hydrogens is 246 g/mol. The standard InChI is InChI=1S/C17H27N3/c1-3-14-8-9-17(12-14,13-18)20-11-10-19(2)15-6-4-5-7-16(15)20/h4-7,14H,3,8-13,18H2,1-2H3. The number of nitrogens with two attached hydrogens (primary N) is 1. The number of hydrogen-bond acceptors (Lipinski definition) is 3. The number of fused-ring (bicyclic) bond motifs is 1. The summed E-state index contributed by atoms with van der Waals surface area (Å²) in [6, 6.07) is 8.79. The molecular formula is C17H27N3. The van der Waals surface area contributed by atoms with Gasteiger partial charge in [0, 0.05) is 26.7 Å². The van der Waals surface area contributed by atoms with Gasteiger partial charge in [-0.15, -0.1) is 0 Å². The first kappa shape index (κ1) is 13.7. The van der Waals surface area contributed by atoms with Crippen LogP contribution in [0.4, 0.5) is 11.4 Å². The molecule has 0 bridgehead atoms. The van der Waals surface area contributed by atoms with E-state index in [0.717, 1.165) is 25.6 Å². The Morgan fingerprint density at radius 1 is 1.25 bits per heavy atom. The molecule has 0 aromatic heterocycles. The largest absolute Gasteiger partial charge is 0.371 e. The smallest absolute Gasteiger partial charge is 0.0609 e. The van der Waals surface area contributed by atoms with E-state index in [-0.39, 0.29) is 5.54 Å². The summed E-state index contributed by atoms with van der Waals surface area (Å²) in [5.74, 6) is 0.852. The van der Waals surface area contributed by atoms with Crippen molar-refractivity contribution in [2.24, 2.45) is 11.7 Å². The van der Waals surface area contributed by atoms with E-state index in [1.165, 1.54) is 37.1 Å². The predicted octanol–water partition coefficient (Wildman–Crippen LogP) is 2.85. The molecule has 2 aliphatic rings. The first-order chi connectivity index (χ1) is 9.70. The van der Waals surface area contributed by atoms with Crippen LogP contribution in [0.2, 0.25) is 0 Å². The number of benzene rings is 1. The third-order valence-electron chi connectivity index (χ3n) is 5.46. The first-order valence-electron chi connectivity index (χ1n) is 7.98. The molecule has 0 saturated heterocycles. The van der Waals surface area contributed by atoms with E-state index >= 15 is 0 Å². The molecule has 3 nitrogen and oxygen atoms in total. The van der Waals surface area contributed by atoms with Gasteiger partial charge in [-0.05, 0) is 37.3 Å². The quantitative estimate of drug-likeness (QED) is 0.919. The molecule has 2 atom stereocenters. The van der Waals surface area contributed by atoms with Gasteiger partial charge < -0.3 is 15.5 Å². The van der Waals surface area contributed by atoms with E-state index in [2.05, 4.69) is 48.0 Å². The fourth-order valence-electron chi connectivity index (χ4n) is 4.10. The van der Waals surface area contributed by atoms with Crippen molar-refractivity contribution in [2.75, 3.05) is 36.5 Å². The van der Waals surface area contributed by atoms with Crippen molar-refractivity contribution in [3.8, 4) is 0 Å². The average Bonchev–Trinajstić information content (AvgIpc) is 2.93. The summed E-state index contributed by atoms with van der Waals surface area (Å²) in [7, 11) is 2.19. The summed E-state index contributed by atoms with van der Waals surface area (Å²) in [4.78, 5) is 4.99. The number of hydrogen-bond donors (Lipinski definition) is 1. The summed E-state index contributed by atoms with van der Waals surface area (Å²) in [6.07, 6.45) is 5.14. The molecule has 1 fully saturated rings. The number of likely N-dealkylation sites (N-methyl/N-ethyl adjacent to an activating group) is 1. The maximum Gasteiger partial charge on any atom is 0.0609 e. The maximum absolute atomic E-state index is 6.25. The van der Waals surface area contributed by atoms with Crippen LogP contribution in [-0.2, 0) is 0 Å². The molecule has 1 aromatic rings. The lowest BCUT2D eigenvalue weighted by molar-refractivity contribution is 0.379. The molecule has 110 valence electrons. The molecule has 1 saturated carbocycles. The molecule has 1 heterocycles. The van der Waals surface area contributed by atoms with Crippen molar-refractivity contribution >= 4 is 11.4 Å². The Bertz CT molecular complexity index is 473. The van der Waals surface area contributed by atoms with Crippen molar-refractivity contribution in [3.63, 3.8) is 0 Å². The third kappa shape index (κ3) is 2.08. The van der Waals surface area contributed by atoms with Crippen molar-refractivity contribution in [1.29, 1.82) is 0 Å². The average molecular weight is 273 g/mol. The first-order valence-corrected chi connectivity index (χ1v) is 7.98. The zero-order chi connectivity index (χ0) is 14.2. The Hall–Kier alpha value is -1.22. The molecule has 20 heavy (non-hydrogen) atoms. The van der Waals surface area contributed by atoms with E-state index in [9.17, 15) is 0 Å². The van der Waals surface area contributed by atoms with Crippen LogP contribution in [0.25, 0.3) is 0 Å². The normalized spacial score (nSPS) is 29.6. The Morgan fingerprint density at radius 3 is 2.65 bits per heavy atom. The van der Waals surface area contributed by atoms with Gasteiger partial charge in [-0.2, -0.15) is 0 Å². The van der Waals surface area contributed by atoms with Gasteiger partial charge in [0.05, 0.1) is 16.9 Å². The highest BCUT2D eigenvalue weighted by Gasteiger charge is 2.43. The fourth-order valence-corrected chi connectivity index (χ4v) is 4.10. The predicted molar refractivity (Wildman–Crippen MR) is 86.5 cm³/mol. The molecule has 2 unspecified atom stereocenters. The number of anilines is 2. The Kier molecular flexibility index (Phi) is 3.63. The molecule has 0 amide bonds. The minimum atomic E-state index is 0.192. The summed E-state index contributed by atoms with van der Waals surface area (Å²) in [6.45, 7) is 5.29. The van der Waals surface area contributed by atoms with Gasteiger partial charge in [-0.1, -0.05) is 25.5 Å². The molecule has 3 rings (SSSR count). The van der Waals surface area contributed by atoms with E-state index in [4.69, 9.17) is 5.73 Å². The van der Waals surface area contributed by atoms with Gasteiger partial charge in [0.2, 0.25) is 0 Å². The zero-order valence-electron chi connectivity index (χ0n) is 12.8. The lowest BCUT2D eigenvalue weighted by Gasteiger charge is -2.48. The fraction of sp³-hybridized carbons (Fsp3) is 0.647. The van der Waals surface area contributed by atoms with E-state index in [1.807, 2.05) is 0 Å². The summed E-state index contributed by atoms with van der Waals surface area (Å²) in [5, 5.41) is 0. The molecule has 1 aromatic carbocycles. The minimum absolute atomic E-state index is 0.192. The Labute approximate surface area is 122 Å². The van der Waals surface area contributed by atoms with Gasteiger partial charge in [0.15, 0.2) is 0 Å². The second kappa shape index (κ2) is 5.28. The lowest BCUT2D eigenvalue weighted by Crippen LogP contribution is -2.56. The molecule has 0 spiro atoms.